The van der Waals surface area contributed by atoms with Gasteiger partial charge in [0.15, 0.2) is 0 Å². The zero-order valence-electron chi connectivity index (χ0n) is 19.9. The predicted molar refractivity (Wildman–Crippen MR) is 138 cm³/mol. The van der Waals surface area contributed by atoms with E-state index in [1.165, 1.54) is 36.2 Å². The first-order valence-electron chi connectivity index (χ1n) is 11.7. The van der Waals surface area contributed by atoms with Gasteiger partial charge in [-0.1, -0.05) is 55.1 Å². The zero-order chi connectivity index (χ0) is 25.6. The molecule has 0 saturated heterocycles. The molecule has 0 bridgehead atoms. The van der Waals surface area contributed by atoms with Crippen molar-refractivity contribution in [3.63, 3.8) is 0 Å². The Labute approximate surface area is 217 Å². The van der Waals surface area contributed by atoms with E-state index in [0.717, 1.165) is 35.6 Å². The maximum atomic E-state index is 13.5. The van der Waals surface area contributed by atoms with Gasteiger partial charge in [0, 0.05) is 29.7 Å². The number of nitrogens with one attached hydrogen (secondary N) is 1. The smallest absolute Gasteiger partial charge is 0.243 e. The molecule has 3 rings (SSSR count). The number of halogens is 2. The van der Waals surface area contributed by atoms with E-state index in [1.807, 2.05) is 6.92 Å². The Morgan fingerprint density at radius 1 is 1.00 bits per heavy atom. The van der Waals surface area contributed by atoms with E-state index < -0.39 is 28.5 Å². The Balaban J connectivity index is 1.83. The Kier molecular flexibility index (Phi) is 9.58. The molecule has 1 aliphatic rings. The second kappa shape index (κ2) is 12.2. The molecule has 1 aliphatic carbocycles. The quantitative estimate of drug-likeness (QED) is 0.482. The molecule has 0 unspecified atom stereocenters. The molecule has 1 saturated carbocycles. The normalized spacial score (nSPS) is 15.2. The number of likely N-dealkylation sites (N-methyl/N-ethyl adjacent to an activating group) is 1. The van der Waals surface area contributed by atoms with Crippen LogP contribution < -0.4 is 5.32 Å². The minimum Gasteiger partial charge on any atom is -0.352 e. The van der Waals surface area contributed by atoms with Crippen LogP contribution >= 0.6 is 23.2 Å². The number of amides is 2. The third-order valence-corrected chi connectivity index (χ3v) is 8.55. The van der Waals surface area contributed by atoms with Crippen LogP contribution in [0.2, 0.25) is 10.0 Å². The minimum atomic E-state index is -3.92. The molecule has 7 nitrogen and oxygen atoms in total. The lowest BCUT2D eigenvalue weighted by Gasteiger charge is -2.32. The summed E-state index contributed by atoms with van der Waals surface area (Å²) in [7, 11) is -2.58. The van der Waals surface area contributed by atoms with Crippen molar-refractivity contribution in [2.24, 2.45) is 0 Å². The average molecular weight is 541 g/mol. The van der Waals surface area contributed by atoms with E-state index >= 15 is 0 Å². The van der Waals surface area contributed by atoms with Crippen molar-refractivity contribution in [1.29, 1.82) is 0 Å². The van der Waals surface area contributed by atoms with Gasteiger partial charge in [0.25, 0.3) is 0 Å². The number of carbonyl (C=O) groups excluding carboxylic acids is 2. The summed E-state index contributed by atoms with van der Waals surface area (Å²) < 4.78 is 27.0. The van der Waals surface area contributed by atoms with Gasteiger partial charge in [-0.3, -0.25) is 9.59 Å². The number of carbonyl (C=O) groups is 2. The third-order valence-electron chi connectivity index (χ3n) is 6.23. The summed E-state index contributed by atoms with van der Waals surface area (Å²) in [4.78, 5) is 28.2. The van der Waals surface area contributed by atoms with Crippen molar-refractivity contribution in [3.8, 4) is 0 Å². The number of sulfonamides is 1. The van der Waals surface area contributed by atoms with Crippen LogP contribution in [0.4, 0.5) is 0 Å². The highest BCUT2D eigenvalue weighted by molar-refractivity contribution is 7.89. The summed E-state index contributed by atoms with van der Waals surface area (Å²) >= 11 is 11.9. The van der Waals surface area contributed by atoms with E-state index in [-0.39, 0.29) is 23.4 Å². The summed E-state index contributed by atoms with van der Waals surface area (Å²) in [5.41, 5.74) is 0.790. The van der Waals surface area contributed by atoms with Crippen LogP contribution in [0.5, 0.6) is 0 Å². The maximum absolute atomic E-state index is 13.5. The van der Waals surface area contributed by atoms with Crippen LogP contribution in [0, 0.1) is 0 Å². The van der Waals surface area contributed by atoms with Gasteiger partial charge >= 0.3 is 0 Å². The summed E-state index contributed by atoms with van der Waals surface area (Å²) in [6, 6.07) is 12.2. The van der Waals surface area contributed by atoms with E-state index in [9.17, 15) is 18.0 Å². The van der Waals surface area contributed by atoms with Crippen molar-refractivity contribution >= 4 is 45.0 Å². The lowest BCUT2D eigenvalue weighted by molar-refractivity contribution is -0.141. The molecule has 1 N–H and O–H groups in total. The van der Waals surface area contributed by atoms with Gasteiger partial charge in [0.2, 0.25) is 21.8 Å². The van der Waals surface area contributed by atoms with Crippen LogP contribution in [0.15, 0.2) is 53.4 Å². The summed E-state index contributed by atoms with van der Waals surface area (Å²) in [5.74, 6) is -0.682. The second-order valence-electron chi connectivity index (χ2n) is 8.78. The van der Waals surface area contributed by atoms with Crippen molar-refractivity contribution in [1.82, 2.24) is 14.5 Å². The van der Waals surface area contributed by atoms with Crippen LogP contribution in [0.25, 0.3) is 0 Å². The third kappa shape index (κ3) is 7.19. The van der Waals surface area contributed by atoms with Crippen LogP contribution in [-0.4, -0.2) is 55.1 Å². The van der Waals surface area contributed by atoms with Gasteiger partial charge in [-0.05, 0) is 61.2 Å². The molecule has 1 atom stereocenters. The highest BCUT2D eigenvalue weighted by Gasteiger charge is 2.33. The van der Waals surface area contributed by atoms with Crippen molar-refractivity contribution in [3.05, 3.63) is 64.1 Å². The Morgan fingerprint density at radius 2 is 1.54 bits per heavy atom. The molecule has 190 valence electrons. The van der Waals surface area contributed by atoms with Crippen LogP contribution in [0.1, 0.15) is 44.6 Å². The predicted octanol–water partition coefficient (Wildman–Crippen LogP) is 4.48. The Hall–Kier alpha value is -2.13. The standard InChI is InChI=1S/C25H31Cl2N3O4S/c1-3-23(25(32)28-21-6-4-5-7-21)30(16-18-8-10-19(26)11-9-18)24(31)17-29(2)35(33,34)22-14-12-20(27)13-15-22/h8-15,21,23H,3-7,16-17H2,1-2H3,(H,28,32)/t23-/m0/s1. The fourth-order valence-corrected chi connectivity index (χ4v) is 5.60. The topological polar surface area (TPSA) is 86.8 Å². The number of hydrogen-bond donors (Lipinski definition) is 1. The van der Waals surface area contributed by atoms with Gasteiger partial charge in [0.1, 0.15) is 6.04 Å². The van der Waals surface area contributed by atoms with Gasteiger partial charge in [-0.15, -0.1) is 0 Å². The molecule has 35 heavy (non-hydrogen) atoms. The Bertz CT molecular complexity index is 1120. The number of benzene rings is 2. The molecule has 0 spiro atoms. The van der Waals surface area contributed by atoms with Crippen molar-refractivity contribution < 1.29 is 18.0 Å². The first-order chi connectivity index (χ1) is 16.6. The van der Waals surface area contributed by atoms with E-state index in [4.69, 9.17) is 23.2 Å². The molecule has 2 aromatic rings. The molecule has 2 amide bonds. The summed E-state index contributed by atoms with van der Waals surface area (Å²) in [6.07, 6.45) is 4.39. The highest BCUT2D eigenvalue weighted by atomic mass is 35.5. The monoisotopic (exact) mass is 539 g/mol. The lowest BCUT2D eigenvalue weighted by atomic mass is 10.1. The van der Waals surface area contributed by atoms with Crippen molar-refractivity contribution in [2.75, 3.05) is 13.6 Å². The lowest BCUT2D eigenvalue weighted by Crippen LogP contribution is -2.53. The molecular formula is C25H31Cl2N3O4S. The molecule has 1 fully saturated rings. The Morgan fingerprint density at radius 3 is 2.09 bits per heavy atom. The van der Waals surface area contributed by atoms with Crippen LogP contribution in [0.3, 0.4) is 0 Å². The first-order valence-corrected chi connectivity index (χ1v) is 13.9. The summed E-state index contributed by atoms with van der Waals surface area (Å²) in [6.45, 7) is 1.59. The van der Waals surface area contributed by atoms with Gasteiger partial charge in [0.05, 0.1) is 11.4 Å². The average Bonchev–Trinajstić information content (AvgIpc) is 3.33. The molecule has 2 aromatic carbocycles. The number of nitrogens with zero attached hydrogens (tertiary/aromatic N) is 2. The molecule has 0 heterocycles. The fourth-order valence-electron chi connectivity index (χ4n) is 4.23. The fraction of sp³-hybridized carbons (Fsp3) is 0.440. The highest BCUT2D eigenvalue weighted by Crippen LogP contribution is 2.21. The maximum Gasteiger partial charge on any atom is 0.243 e. The number of hydrogen-bond acceptors (Lipinski definition) is 4. The molecule has 0 radical (unpaired) electrons. The molecule has 10 heteroatoms. The van der Waals surface area contributed by atoms with Crippen molar-refractivity contribution in [2.45, 2.75) is 62.6 Å². The zero-order valence-corrected chi connectivity index (χ0v) is 22.2. The van der Waals surface area contributed by atoms with Gasteiger partial charge in [-0.25, -0.2) is 8.42 Å². The molecular weight excluding hydrogens is 509 g/mol. The number of rotatable bonds is 10. The van der Waals surface area contributed by atoms with Gasteiger partial charge in [-0.2, -0.15) is 4.31 Å². The van der Waals surface area contributed by atoms with Gasteiger partial charge < -0.3 is 10.2 Å². The SMILES string of the molecule is CC[C@@H](C(=O)NC1CCCC1)N(Cc1ccc(Cl)cc1)C(=O)CN(C)S(=O)(=O)c1ccc(Cl)cc1. The minimum absolute atomic E-state index is 0.0347. The van der Waals surface area contributed by atoms with E-state index in [0.29, 0.717) is 16.5 Å². The molecule has 0 aromatic heterocycles. The summed E-state index contributed by atoms with van der Waals surface area (Å²) in [5, 5.41) is 4.05. The first kappa shape index (κ1) is 27.5. The molecule has 0 aliphatic heterocycles. The largest absolute Gasteiger partial charge is 0.352 e. The van der Waals surface area contributed by atoms with E-state index in [2.05, 4.69) is 5.32 Å². The van der Waals surface area contributed by atoms with Crippen LogP contribution in [-0.2, 0) is 26.2 Å². The van der Waals surface area contributed by atoms with E-state index in [1.54, 1.807) is 24.3 Å². The second-order valence-corrected chi connectivity index (χ2v) is 11.7.